The van der Waals surface area contributed by atoms with Crippen LogP contribution in [-0.2, 0) is 0 Å². The number of nitrogens with one attached hydrogen (secondary N) is 2. The van der Waals surface area contributed by atoms with Gasteiger partial charge in [-0.2, -0.15) is 0 Å². The first-order valence-electron chi connectivity index (χ1n) is 8.96. The summed E-state index contributed by atoms with van der Waals surface area (Å²) < 4.78 is 11.1. The van der Waals surface area contributed by atoms with Crippen LogP contribution < -0.4 is 15.0 Å². The van der Waals surface area contributed by atoms with Crippen LogP contribution in [0.25, 0.3) is 0 Å². The topological polar surface area (TPSA) is 90.6 Å². The number of methoxy groups -OCH3 is 2. The predicted octanol–water partition coefficient (Wildman–Crippen LogP) is 2.98. The monoisotopic (exact) mass is 391 g/mol. The van der Waals surface area contributed by atoms with Crippen molar-refractivity contribution in [3.8, 4) is 17.4 Å². The van der Waals surface area contributed by atoms with Crippen molar-refractivity contribution in [1.29, 1.82) is 0 Å². The number of nitrogens with zero attached hydrogens (tertiary/aromatic N) is 1. The van der Waals surface area contributed by atoms with Gasteiger partial charge in [0, 0.05) is 5.56 Å². The number of rotatable bonds is 5. The molecule has 1 aromatic heterocycles. The molecule has 1 aromatic carbocycles. The highest BCUT2D eigenvalue weighted by atomic mass is 32.1. The maximum Gasteiger partial charge on any atom is 0.260 e. The minimum atomic E-state index is -0.488. The van der Waals surface area contributed by atoms with E-state index < -0.39 is 11.6 Å². The van der Waals surface area contributed by atoms with Gasteiger partial charge in [0.25, 0.3) is 5.56 Å². The summed E-state index contributed by atoms with van der Waals surface area (Å²) >= 11 is 4.98. The molecule has 1 atom stereocenters. The minimum Gasteiger partial charge on any atom is -0.494 e. The van der Waals surface area contributed by atoms with E-state index in [0.717, 1.165) is 31.5 Å². The summed E-state index contributed by atoms with van der Waals surface area (Å²) in [6.45, 7) is 3.84. The van der Waals surface area contributed by atoms with Gasteiger partial charge < -0.3 is 19.6 Å². The lowest BCUT2D eigenvalue weighted by molar-refractivity contribution is 0.152. The first-order chi connectivity index (χ1) is 13.0. The fraction of sp³-hybridized carbons (Fsp3) is 0.474. The molecule has 2 aromatic rings. The number of likely N-dealkylation sites (tertiary alicyclic amines) is 1. The van der Waals surface area contributed by atoms with Gasteiger partial charge in [-0.15, -0.1) is 0 Å². The average molecular weight is 391 g/mol. The molecule has 3 rings (SSSR count). The Morgan fingerprint density at radius 1 is 1.22 bits per heavy atom. The van der Waals surface area contributed by atoms with Crippen LogP contribution in [0.5, 0.6) is 17.4 Å². The van der Waals surface area contributed by atoms with Gasteiger partial charge in [-0.25, -0.2) is 0 Å². The third-order valence-corrected chi connectivity index (χ3v) is 5.35. The van der Waals surface area contributed by atoms with Gasteiger partial charge in [0.15, 0.2) is 16.3 Å². The smallest absolute Gasteiger partial charge is 0.260 e. The second-order valence-corrected chi connectivity index (χ2v) is 7.28. The molecule has 2 heterocycles. The SMILES string of the molecule is COc1cccc([C@@H](c2c(O)[nH]c(=S)[nH]c2=O)N2CCC(C)CC2)c1OC. The van der Waals surface area contributed by atoms with E-state index in [1.54, 1.807) is 20.3 Å². The third-order valence-electron chi connectivity index (χ3n) is 5.14. The number of aromatic hydroxyl groups is 1. The first-order valence-corrected chi connectivity index (χ1v) is 9.37. The fourth-order valence-corrected chi connectivity index (χ4v) is 3.88. The van der Waals surface area contributed by atoms with Gasteiger partial charge in [-0.1, -0.05) is 19.1 Å². The number of aromatic nitrogens is 2. The number of para-hydroxylation sites is 1. The summed E-state index contributed by atoms with van der Waals surface area (Å²) in [5.41, 5.74) is 0.576. The largest absolute Gasteiger partial charge is 0.494 e. The average Bonchev–Trinajstić information content (AvgIpc) is 2.64. The molecule has 0 aliphatic carbocycles. The molecule has 0 radical (unpaired) electrons. The number of hydrogen-bond acceptors (Lipinski definition) is 6. The summed E-state index contributed by atoms with van der Waals surface area (Å²) in [6, 6.07) is 5.07. The quantitative estimate of drug-likeness (QED) is 0.679. The van der Waals surface area contributed by atoms with Crippen molar-refractivity contribution in [2.75, 3.05) is 27.3 Å². The lowest BCUT2D eigenvalue weighted by atomic mass is 9.92. The van der Waals surface area contributed by atoms with E-state index in [9.17, 15) is 9.90 Å². The molecule has 1 fully saturated rings. The van der Waals surface area contributed by atoms with Crippen LogP contribution in [0.1, 0.15) is 36.9 Å². The second kappa shape index (κ2) is 8.14. The van der Waals surface area contributed by atoms with E-state index in [4.69, 9.17) is 21.7 Å². The Hall–Kier alpha value is -2.32. The fourth-order valence-electron chi connectivity index (χ4n) is 3.69. The Morgan fingerprint density at radius 3 is 2.52 bits per heavy atom. The molecule has 1 aliphatic rings. The van der Waals surface area contributed by atoms with Gasteiger partial charge in [-0.3, -0.25) is 14.7 Å². The number of hydrogen-bond donors (Lipinski definition) is 3. The maximum atomic E-state index is 12.7. The molecule has 146 valence electrons. The Labute approximate surface area is 163 Å². The third kappa shape index (κ3) is 3.86. The molecular weight excluding hydrogens is 366 g/mol. The van der Waals surface area contributed by atoms with E-state index in [0.29, 0.717) is 17.4 Å². The molecule has 8 heteroatoms. The molecule has 27 heavy (non-hydrogen) atoms. The Balaban J connectivity index is 2.21. The Bertz CT molecular complexity index is 916. The number of ether oxygens (including phenoxy) is 2. The highest BCUT2D eigenvalue weighted by Crippen LogP contribution is 2.41. The highest BCUT2D eigenvalue weighted by Gasteiger charge is 2.33. The van der Waals surface area contributed by atoms with Crippen LogP contribution in [-0.4, -0.2) is 47.3 Å². The lowest BCUT2D eigenvalue weighted by Gasteiger charge is -2.37. The zero-order chi connectivity index (χ0) is 19.6. The van der Waals surface area contributed by atoms with Crippen molar-refractivity contribution in [2.24, 2.45) is 5.92 Å². The van der Waals surface area contributed by atoms with Crippen molar-refractivity contribution in [1.82, 2.24) is 14.9 Å². The molecule has 1 aliphatic heterocycles. The molecular formula is C19H25N3O4S. The van der Waals surface area contributed by atoms with Gasteiger partial charge in [0.2, 0.25) is 5.88 Å². The first kappa shape index (κ1) is 19.4. The summed E-state index contributed by atoms with van der Waals surface area (Å²) in [6.07, 6.45) is 2.04. The minimum absolute atomic E-state index is 0.0878. The van der Waals surface area contributed by atoms with Gasteiger partial charge >= 0.3 is 0 Å². The molecule has 0 amide bonds. The Morgan fingerprint density at radius 2 is 1.93 bits per heavy atom. The van der Waals surface area contributed by atoms with Crippen LogP contribution in [0.4, 0.5) is 0 Å². The van der Waals surface area contributed by atoms with E-state index in [1.807, 2.05) is 12.1 Å². The zero-order valence-electron chi connectivity index (χ0n) is 15.7. The summed E-state index contributed by atoms with van der Waals surface area (Å²) in [5.74, 6) is 1.52. The second-order valence-electron chi connectivity index (χ2n) is 6.87. The van der Waals surface area contributed by atoms with Gasteiger partial charge in [0.1, 0.15) is 0 Å². The molecule has 7 nitrogen and oxygen atoms in total. The molecule has 0 saturated carbocycles. The van der Waals surface area contributed by atoms with Crippen LogP contribution in [0.2, 0.25) is 0 Å². The molecule has 0 spiro atoms. The predicted molar refractivity (Wildman–Crippen MR) is 105 cm³/mol. The van der Waals surface area contributed by atoms with E-state index in [1.165, 1.54) is 0 Å². The standard InChI is InChI=1S/C19H25N3O4S/c1-11-7-9-22(10-8-11)15(14-17(23)20-19(27)21-18(14)24)12-5-4-6-13(25-2)16(12)26-3/h4-6,11,15H,7-10H2,1-3H3,(H3,20,21,23,24,27)/t15-/m0/s1. The number of benzene rings is 1. The van der Waals surface area contributed by atoms with Gasteiger partial charge in [-0.05, 0) is 50.1 Å². The lowest BCUT2D eigenvalue weighted by Crippen LogP contribution is -2.39. The molecule has 0 bridgehead atoms. The zero-order valence-corrected chi connectivity index (χ0v) is 16.6. The van der Waals surface area contributed by atoms with E-state index >= 15 is 0 Å². The number of piperidine rings is 1. The van der Waals surface area contributed by atoms with Crippen molar-refractivity contribution in [3.05, 3.63) is 44.5 Å². The Kier molecular flexibility index (Phi) is 5.86. The molecule has 3 N–H and O–H groups in total. The summed E-state index contributed by atoms with van der Waals surface area (Å²) in [4.78, 5) is 20.2. The van der Waals surface area contributed by atoms with Gasteiger partial charge in [0.05, 0.1) is 25.8 Å². The molecule has 0 unspecified atom stereocenters. The summed E-state index contributed by atoms with van der Waals surface area (Å²) in [7, 11) is 3.14. The van der Waals surface area contributed by atoms with E-state index in [2.05, 4.69) is 21.8 Å². The molecule has 1 saturated heterocycles. The maximum absolute atomic E-state index is 12.7. The van der Waals surface area contributed by atoms with Crippen molar-refractivity contribution >= 4 is 12.2 Å². The van der Waals surface area contributed by atoms with Crippen molar-refractivity contribution < 1.29 is 14.6 Å². The van der Waals surface area contributed by atoms with Crippen LogP contribution in [0, 0.1) is 10.7 Å². The van der Waals surface area contributed by atoms with Crippen LogP contribution in [0.3, 0.4) is 0 Å². The van der Waals surface area contributed by atoms with Crippen molar-refractivity contribution in [2.45, 2.75) is 25.8 Å². The number of H-pyrrole nitrogens is 2. The van der Waals surface area contributed by atoms with E-state index in [-0.39, 0.29) is 16.2 Å². The summed E-state index contributed by atoms with van der Waals surface area (Å²) in [5, 5.41) is 10.5. The number of aromatic amines is 2. The van der Waals surface area contributed by atoms with Crippen LogP contribution >= 0.6 is 12.2 Å². The van der Waals surface area contributed by atoms with Crippen LogP contribution in [0.15, 0.2) is 23.0 Å². The normalized spacial score (nSPS) is 16.9. The van der Waals surface area contributed by atoms with Crippen molar-refractivity contribution in [3.63, 3.8) is 0 Å². The highest BCUT2D eigenvalue weighted by molar-refractivity contribution is 7.71.